The van der Waals surface area contributed by atoms with Crippen molar-refractivity contribution in [1.82, 2.24) is 0 Å². The third-order valence-corrected chi connectivity index (χ3v) is 3.40. The lowest BCUT2D eigenvalue weighted by molar-refractivity contribution is 0.103. The smallest absolute Gasteiger partial charge is 0.197 e. The first-order valence-corrected chi connectivity index (χ1v) is 6.71. The summed E-state index contributed by atoms with van der Waals surface area (Å²) in [7, 11) is 0. The van der Waals surface area contributed by atoms with E-state index in [0.29, 0.717) is 23.3 Å². The predicted octanol–water partition coefficient (Wildman–Crippen LogP) is 3.95. The van der Waals surface area contributed by atoms with E-state index in [9.17, 15) is 9.18 Å². The first-order valence-electron chi connectivity index (χ1n) is 6.71. The maximum atomic E-state index is 13.5. The first kappa shape index (κ1) is 13.4. The van der Waals surface area contributed by atoms with E-state index >= 15 is 0 Å². The highest BCUT2D eigenvalue weighted by molar-refractivity contribution is 6.17. The minimum Gasteiger partial charge on any atom is -0.460 e. The van der Waals surface area contributed by atoms with Gasteiger partial charge in [-0.1, -0.05) is 25.1 Å². The molecule has 0 saturated carbocycles. The molecule has 0 aliphatic rings. The summed E-state index contributed by atoms with van der Waals surface area (Å²) in [5.74, 6) is -0.198. The van der Waals surface area contributed by atoms with Crippen LogP contribution in [0.25, 0.3) is 11.0 Å². The fraction of sp³-hybridized carbons (Fsp3) is 0.118. The number of nitrogen functional groups attached to an aromatic ring is 1. The number of para-hydroxylation sites is 1. The van der Waals surface area contributed by atoms with Gasteiger partial charge in [-0.25, -0.2) is 4.39 Å². The molecule has 1 aromatic heterocycles. The predicted molar refractivity (Wildman–Crippen MR) is 79.8 cm³/mol. The third-order valence-electron chi connectivity index (χ3n) is 3.40. The molecule has 0 atom stereocenters. The average molecular weight is 283 g/mol. The SMILES string of the molecule is CCc1oc2ccccc2c1C(=O)c1cc(N)cc(F)c1. The zero-order chi connectivity index (χ0) is 15.0. The summed E-state index contributed by atoms with van der Waals surface area (Å²) in [6.45, 7) is 1.91. The fourth-order valence-corrected chi connectivity index (χ4v) is 2.48. The second-order valence-electron chi connectivity index (χ2n) is 4.85. The quantitative estimate of drug-likeness (QED) is 0.585. The number of carbonyl (C=O) groups excluding carboxylic acids is 1. The van der Waals surface area contributed by atoms with Crippen LogP contribution in [0.1, 0.15) is 28.6 Å². The lowest BCUT2D eigenvalue weighted by atomic mass is 9.99. The van der Waals surface area contributed by atoms with E-state index in [1.54, 1.807) is 0 Å². The van der Waals surface area contributed by atoms with Gasteiger partial charge in [0.2, 0.25) is 0 Å². The minimum atomic E-state index is -0.524. The molecule has 0 aliphatic carbocycles. The van der Waals surface area contributed by atoms with Crippen LogP contribution in [0.2, 0.25) is 0 Å². The van der Waals surface area contributed by atoms with Crippen LogP contribution in [0.3, 0.4) is 0 Å². The molecule has 0 amide bonds. The van der Waals surface area contributed by atoms with Gasteiger partial charge in [0.25, 0.3) is 0 Å². The zero-order valence-electron chi connectivity index (χ0n) is 11.5. The van der Waals surface area contributed by atoms with Gasteiger partial charge >= 0.3 is 0 Å². The molecular formula is C17H14FNO2. The molecular weight excluding hydrogens is 269 g/mol. The van der Waals surface area contributed by atoms with Crippen molar-refractivity contribution in [3.05, 3.63) is 65.2 Å². The number of anilines is 1. The average Bonchev–Trinajstić information content (AvgIpc) is 2.83. The van der Waals surface area contributed by atoms with Gasteiger partial charge in [-0.2, -0.15) is 0 Å². The van der Waals surface area contributed by atoms with Crippen molar-refractivity contribution in [3.63, 3.8) is 0 Å². The summed E-state index contributed by atoms with van der Waals surface area (Å²) in [5.41, 5.74) is 7.21. The van der Waals surface area contributed by atoms with Crippen LogP contribution in [0.15, 0.2) is 46.9 Å². The van der Waals surface area contributed by atoms with E-state index < -0.39 is 5.82 Å². The molecule has 3 rings (SSSR count). The van der Waals surface area contributed by atoms with E-state index in [2.05, 4.69) is 0 Å². The van der Waals surface area contributed by atoms with Crippen LogP contribution in [0, 0.1) is 5.82 Å². The number of fused-ring (bicyclic) bond motifs is 1. The molecule has 0 unspecified atom stereocenters. The van der Waals surface area contributed by atoms with Crippen molar-refractivity contribution in [1.29, 1.82) is 0 Å². The topological polar surface area (TPSA) is 56.2 Å². The van der Waals surface area contributed by atoms with Crippen molar-refractivity contribution < 1.29 is 13.6 Å². The molecule has 0 spiro atoms. The van der Waals surface area contributed by atoms with Gasteiger partial charge in [-0.05, 0) is 24.3 Å². The zero-order valence-corrected chi connectivity index (χ0v) is 11.5. The number of carbonyl (C=O) groups is 1. The number of nitrogens with two attached hydrogens (primary N) is 1. The number of aryl methyl sites for hydroxylation is 1. The minimum absolute atomic E-state index is 0.226. The van der Waals surface area contributed by atoms with Gasteiger partial charge in [0.05, 0.1) is 5.56 Å². The number of benzene rings is 2. The summed E-state index contributed by atoms with van der Waals surface area (Å²) in [4.78, 5) is 12.7. The molecule has 3 aromatic rings. The Balaban J connectivity index is 2.21. The summed E-state index contributed by atoms with van der Waals surface area (Å²) >= 11 is 0. The van der Waals surface area contributed by atoms with E-state index in [4.69, 9.17) is 10.2 Å². The summed E-state index contributed by atoms with van der Waals surface area (Å²) in [5, 5.41) is 0.738. The van der Waals surface area contributed by atoms with Crippen LogP contribution < -0.4 is 5.73 Å². The third kappa shape index (κ3) is 2.29. The lowest BCUT2D eigenvalue weighted by Crippen LogP contribution is -2.05. The lowest BCUT2D eigenvalue weighted by Gasteiger charge is -2.03. The molecule has 0 bridgehead atoms. The van der Waals surface area contributed by atoms with Gasteiger partial charge in [-0.15, -0.1) is 0 Å². The molecule has 0 radical (unpaired) electrons. The number of furan rings is 1. The van der Waals surface area contributed by atoms with Crippen LogP contribution in [0.4, 0.5) is 10.1 Å². The highest BCUT2D eigenvalue weighted by Crippen LogP contribution is 2.29. The number of hydrogen-bond acceptors (Lipinski definition) is 3. The highest BCUT2D eigenvalue weighted by Gasteiger charge is 2.21. The summed E-state index contributed by atoms with van der Waals surface area (Å²) in [6.07, 6.45) is 0.584. The van der Waals surface area contributed by atoms with Gasteiger partial charge in [0, 0.05) is 23.1 Å². The van der Waals surface area contributed by atoms with E-state index in [-0.39, 0.29) is 17.0 Å². The van der Waals surface area contributed by atoms with Crippen molar-refractivity contribution in [3.8, 4) is 0 Å². The molecule has 106 valence electrons. The normalized spacial score (nSPS) is 11.0. The van der Waals surface area contributed by atoms with Crippen LogP contribution in [-0.2, 0) is 6.42 Å². The Bertz CT molecular complexity index is 816. The Hall–Kier alpha value is -2.62. The monoisotopic (exact) mass is 283 g/mol. The number of hydrogen-bond donors (Lipinski definition) is 1. The van der Waals surface area contributed by atoms with Gasteiger partial charge in [-0.3, -0.25) is 4.79 Å². The Labute approximate surface area is 121 Å². The maximum Gasteiger partial charge on any atom is 0.197 e. The number of halogens is 1. The summed E-state index contributed by atoms with van der Waals surface area (Å²) in [6, 6.07) is 11.2. The van der Waals surface area contributed by atoms with Crippen molar-refractivity contribution >= 4 is 22.4 Å². The number of ketones is 1. The van der Waals surface area contributed by atoms with Crippen molar-refractivity contribution in [2.45, 2.75) is 13.3 Å². The molecule has 4 heteroatoms. The maximum absolute atomic E-state index is 13.5. The fourth-order valence-electron chi connectivity index (χ4n) is 2.48. The Morgan fingerprint density at radius 3 is 2.71 bits per heavy atom. The second kappa shape index (κ2) is 5.05. The molecule has 0 fully saturated rings. The Morgan fingerprint density at radius 2 is 2.00 bits per heavy atom. The standard InChI is InChI=1S/C17H14FNO2/c1-2-14-16(13-5-3-4-6-15(13)21-14)17(20)10-7-11(18)9-12(19)8-10/h3-9H,2,19H2,1H3. The van der Waals surface area contributed by atoms with Crippen LogP contribution in [-0.4, -0.2) is 5.78 Å². The van der Waals surface area contributed by atoms with Gasteiger partial charge in [0.15, 0.2) is 5.78 Å². The molecule has 2 aromatic carbocycles. The van der Waals surface area contributed by atoms with E-state index in [0.717, 1.165) is 5.39 Å². The van der Waals surface area contributed by atoms with Crippen molar-refractivity contribution in [2.24, 2.45) is 0 Å². The molecule has 2 N–H and O–H groups in total. The van der Waals surface area contributed by atoms with Gasteiger partial charge in [0.1, 0.15) is 17.2 Å². The Kier molecular flexibility index (Phi) is 3.22. The molecule has 21 heavy (non-hydrogen) atoms. The van der Waals surface area contributed by atoms with E-state index in [1.807, 2.05) is 31.2 Å². The molecule has 1 heterocycles. The Morgan fingerprint density at radius 1 is 1.24 bits per heavy atom. The van der Waals surface area contributed by atoms with Crippen LogP contribution in [0.5, 0.6) is 0 Å². The highest BCUT2D eigenvalue weighted by atomic mass is 19.1. The first-order chi connectivity index (χ1) is 10.1. The largest absolute Gasteiger partial charge is 0.460 e. The van der Waals surface area contributed by atoms with Gasteiger partial charge < -0.3 is 10.2 Å². The van der Waals surface area contributed by atoms with Crippen LogP contribution >= 0.6 is 0 Å². The molecule has 0 aliphatic heterocycles. The summed E-state index contributed by atoms with van der Waals surface area (Å²) < 4.78 is 19.2. The number of rotatable bonds is 3. The van der Waals surface area contributed by atoms with E-state index in [1.165, 1.54) is 18.2 Å². The second-order valence-corrected chi connectivity index (χ2v) is 4.85. The van der Waals surface area contributed by atoms with Crippen molar-refractivity contribution in [2.75, 3.05) is 5.73 Å². The molecule has 0 saturated heterocycles. The molecule has 3 nitrogen and oxygen atoms in total.